The van der Waals surface area contributed by atoms with Gasteiger partial charge in [-0.3, -0.25) is 9.69 Å². The third kappa shape index (κ3) is 2.22. The SMILES string of the molecule is O=C(O)C1CCCN1Cc1ccccc1F. The summed E-state index contributed by atoms with van der Waals surface area (Å²) in [6, 6.07) is 6.05. The molecule has 0 spiro atoms. The predicted molar refractivity (Wildman–Crippen MR) is 57.5 cm³/mol. The van der Waals surface area contributed by atoms with Crippen LogP contribution in [0.4, 0.5) is 4.39 Å². The fraction of sp³-hybridized carbons (Fsp3) is 0.417. The Labute approximate surface area is 93.5 Å². The molecule has 1 aromatic rings. The van der Waals surface area contributed by atoms with E-state index in [2.05, 4.69) is 0 Å². The van der Waals surface area contributed by atoms with Crippen molar-refractivity contribution in [3.63, 3.8) is 0 Å². The normalized spacial score (nSPS) is 21.2. The Hall–Kier alpha value is -1.42. The van der Waals surface area contributed by atoms with E-state index in [1.165, 1.54) is 6.07 Å². The van der Waals surface area contributed by atoms with Gasteiger partial charge in [-0.05, 0) is 25.5 Å². The lowest BCUT2D eigenvalue weighted by atomic mass is 10.1. The van der Waals surface area contributed by atoms with Crippen molar-refractivity contribution in [2.24, 2.45) is 0 Å². The van der Waals surface area contributed by atoms with E-state index < -0.39 is 12.0 Å². The van der Waals surface area contributed by atoms with E-state index in [0.29, 0.717) is 18.5 Å². The molecule has 4 heteroatoms. The van der Waals surface area contributed by atoms with E-state index in [4.69, 9.17) is 5.11 Å². The van der Waals surface area contributed by atoms with Gasteiger partial charge in [0.1, 0.15) is 11.9 Å². The predicted octanol–water partition coefficient (Wildman–Crippen LogP) is 1.87. The third-order valence-corrected chi connectivity index (χ3v) is 2.98. The van der Waals surface area contributed by atoms with Crippen molar-refractivity contribution >= 4 is 5.97 Å². The van der Waals surface area contributed by atoms with Crippen LogP contribution < -0.4 is 0 Å². The second kappa shape index (κ2) is 4.61. The molecular formula is C12H14FNO2. The molecule has 1 atom stereocenters. The summed E-state index contributed by atoms with van der Waals surface area (Å²) in [7, 11) is 0. The number of halogens is 1. The molecule has 86 valence electrons. The Bertz CT molecular complexity index is 394. The first-order chi connectivity index (χ1) is 7.68. The van der Waals surface area contributed by atoms with Crippen LogP contribution in [0, 0.1) is 5.82 Å². The minimum Gasteiger partial charge on any atom is -0.480 e. The summed E-state index contributed by atoms with van der Waals surface area (Å²) in [5, 5.41) is 9.00. The van der Waals surface area contributed by atoms with Crippen LogP contribution in [0.3, 0.4) is 0 Å². The number of benzene rings is 1. The van der Waals surface area contributed by atoms with Gasteiger partial charge in [0.15, 0.2) is 0 Å². The summed E-state index contributed by atoms with van der Waals surface area (Å²) in [4.78, 5) is 12.8. The topological polar surface area (TPSA) is 40.5 Å². The standard InChI is InChI=1S/C12H14FNO2/c13-10-5-2-1-4-9(10)8-14-7-3-6-11(14)12(15)16/h1-2,4-5,11H,3,6-8H2,(H,15,16). The van der Waals surface area contributed by atoms with Crippen molar-refractivity contribution in [2.75, 3.05) is 6.54 Å². The van der Waals surface area contributed by atoms with Gasteiger partial charge in [0.05, 0.1) is 0 Å². The van der Waals surface area contributed by atoms with Gasteiger partial charge >= 0.3 is 5.97 Å². The smallest absolute Gasteiger partial charge is 0.320 e. The number of hydrogen-bond acceptors (Lipinski definition) is 2. The number of carbonyl (C=O) groups is 1. The van der Waals surface area contributed by atoms with E-state index in [0.717, 1.165) is 13.0 Å². The van der Waals surface area contributed by atoms with Crippen LogP contribution in [0.5, 0.6) is 0 Å². The van der Waals surface area contributed by atoms with E-state index >= 15 is 0 Å². The molecule has 2 rings (SSSR count). The molecule has 0 aromatic heterocycles. The molecule has 1 aliphatic heterocycles. The van der Waals surface area contributed by atoms with E-state index in [1.807, 2.05) is 4.90 Å². The lowest BCUT2D eigenvalue weighted by Crippen LogP contribution is -2.35. The number of hydrogen-bond donors (Lipinski definition) is 1. The van der Waals surface area contributed by atoms with Crippen molar-refractivity contribution in [2.45, 2.75) is 25.4 Å². The first-order valence-electron chi connectivity index (χ1n) is 5.39. The zero-order chi connectivity index (χ0) is 11.5. The number of carboxylic acid groups (broad SMARTS) is 1. The van der Waals surface area contributed by atoms with Crippen molar-refractivity contribution in [1.82, 2.24) is 4.90 Å². The summed E-state index contributed by atoms with van der Waals surface area (Å²) < 4.78 is 13.4. The average molecular weight is 223 g/mol. The molecule has 0 bridgehead atoms. The quantitative estimate of drug-likeness (QED) is 0.850. The summed E-state index contributed by atoms with van der Waals surface area (Å²) in [5.74, 6) is -1.08. The molecule has 0 amide bonds. The summed E-state index contributed by atoms with van der Waals surface area (Å²) in [6.07, 6.45) is 1.52. The zero-order valence-electron chi connectivity index (χ0n) is 8.90. The highest BCUT2D eigenvalue weighted by atomic mass is 19.1. The van der Waals surface area contributed by atoms with Crippen molar-refractivity contribution in [3.05, 3.63) is 35.6 Å². The Morgan fingerprint density at radius 3 is 2.94 bits per heavy atom. The van der Waals surface area contributed by atoms with E-state index in [-0.39, 0.29) is 5.82 Å². The van der Waals surface area contributed by atoms with Gasteiger partial charge in [0, 0.05) is 12.1 Å². The minimum atomic E-state index is -0.811. The van der Waals surface area contributed by atoms with Gasteiger partial charge < -0.3 is 5.11 Å². The first kappa shape index (κ1) is 11.1. The van der Waals surface area contributed by atoms with Crippen molar-refractivity contribution in [3.8, 4) is 0 Å². The van der Waals surface area contributed by atoms with Gasteiger partial charge in [0.2, 0.25) is 0 Å². The van der Waals surface area contributed by atoms with Crippen LogP contribution in [0.2, 0.25) is 0 Å². The van der Waals surface area contributed by atoms with Gasteiger partial charge in [-0.25, -0.2) is 4.39 Å². The molecule has 0 saturated carbocycles. The Morgan fingerprint density at radius 2 is 2.25 bits per heavy atom. The van der Waals surface area contributed by atoms with Crippen LogP contribution in [-0.2, 0) is 11.3 Å². The minimum absolute atomic E-state index is 0.265. The van der Waals surface area contributed by atoms with E-state index in [9.17, 15) is 9.18 Å². The number of rotatable bonds is 3. The largest absolute Gasteiger partial charge is 0.480 e. The molecule has 1 aromatic carbocycles. The van der Waals surface area contributed by atoms with Gasteiger partial charge in [-0.15, -0.1) is 0 Å². The fourth-order valence-corrected chi connectivity index (χ4v) is 2.14. The van der Waals surface area contributed by atoms with Crippen LogP contribution in [0.15, 0.2) is 24.3 Å². The van der Waals surface area contributed by atoms with Crippen LogP contribution in [0.1, 0.15) is 18.4 Å². The molecular weight excluding hydrogens is 209 g/mol. The van der Waals surface area contributed by atoms with Gasteiger partial charge in [-0.2, -0.15) is 0 Å². The Balaban J connectivity index is 2.10. The van der Waals surface area contributed by atoms with Crippen LogP contribution in [0.25, 0.3) is 0 Å². The molecule has 1 heterocycles. The highest BCUT2D eigenvalue weighted by Crippen LogP contribution is 2.21. The maximum absolute atomic E-state index is 13.4. The fourth-order valence-electron chi connectivity index (χ4n) is 2.14. The number of likely N-dealkylation sites (tertiary alicyclic amines) is 1. The monoisotopic (exact) mass is 223 g/mol. The second-order valence-electron chi connectivity index (χ2n) is 4.06. The summed E-state index contributed by atoms with van der Waals surface area (Å²) in [5.41, 5.74) is 0.565. The Kier molecular flexibility index (Phi) is 3.19. The average Bonchev–Trinajstić information content (AvgIpc) is 2.69. The summed E-state index contributed by atoms with van der Waals surface area (Å²) >= 11 is 0. The molecule has 1 aliphatic rings. The maximum atomic E-state index is 13.4. The number of nitrogens with zero attached hydrogens (tertiary/aromatic N) is 1. The molecule has 3 nitrogen and oxygen atoms in total. The third-order valence-electron chi connectivity index (χ3n) is 2.98. The molecule has 1 N–H and O–H groups in total. The summed E-state index contributed by atoms with van der Waals surface area (Å²) in [6.45, 7) is 1.11. The second-order valence-corrected chi connectivity index (χ2v) is 4.06. The van der Waals surface area contributed by atoms with Gasteiger partial charge in [-0.1, -0.05) is 18.2 Å². The van der Waals surface area contributed by atoms with Crippen molar-refractivity contribution < 1.29 is 14.3 Å². The lowest BCUT2D eigenvalue weighted by molar-refractivity contribution is -0.142. The molecule has 1 unspecified atom stereocenters. The number of carboxylic acids is 1. The molecule has 1 saturated heterocycles. The van der Waals surface area contributed by atoms with Crippen LogP contribution in [-0.4, -0.2) is 28.6 Å². The first-order valence-corrected chi connectivity index (χ1v) is 5.39. The van der Waals surface area contributed by atoms with E-state index in [1.54, 1.807) is 18.2 Å². The lowest BCUT2D eigenvalue weighted by Gasteiger charge is -2.21. The molecule has 0 radical (unpaired) electrons. The highest BCUT2D eigenvalue weighted by Gasteiger charge is 2.30. The molecule has 1 fully saturated rings. The molecule has 16 heavy (non-hydrogen) atoms. The highest BCUT2D eigenvalue weighted by molar-refractivity contribution is 5.73. The van der Waals surface area contributed by atoms with Gasteiger partial charge in [0.25, 0.3) is 0 Å². The number of aliphatic carboxylic acids is 1. The molecule has 0 aliphatic carbocycles. The maximum Gasteiger partial charge on any atom is 0.320 e. The van der Waals surface area contributed by atoms with Crippen molar-refractivity contribution in [1.29, 1.82) is 0 Å². The van der Waals surface area contributed by atoms with Crippen LogP contribution >= 0.6 is 0 Å². The zero-order valence-corrected chi connectivity index (χ0v) is 8.90. The Morgan fingerprint density at radius 1 is 1.50 bits per heavy atom.